The summed E-state index contributed by atoms with van der Waals surface area (Å²) >= 11 is 0. The predicted molar refractivity (Wildman–Crippen MR) is 78.4 cm³/mol. The molecule has 1 aromatic rings. The highest BCUT2D eigenvalue weighted by atomic mass is 16.5. The van der Waals surface area contributed by atoms with Gasteiger partial charge in [-0.05, 0) is 19.8 Å². The first-order chi connectivity index (χ1) is 10.1. The third kappa shape index (κ3) is 3.27. The van der Waals surface area contributed by atoms with E-state index in [0.29, 0.717) is 0 Å². The normalized spacial score (nSPS) is 27.2. The second-order valence-electron chi connectivity index (χ2n) is 6.23. The van der Waals surface area contributed by atoms with Crippen LogP contribution in [0.4, 0.5) is 0 Å². The van der Waals surface area contributed by atoms with Gasteiger partial charge in [-0.2, -0.15) is 0 Å². The van der Waals surface area contributed by atoms with E-state index in [1.165, 1.54) is 0 Å². The van der Waals surface area contributed by atoms with Crippen LogP contribution in [-0.4, -0.2) is 53.1 Å². The molecule has 1 saturated carbocycles. The first kappa shape index (κ1) is 14.5. The van der Waals surface area contributed by atoms with Gasteiger partial charge in [0.2, 0.25) is 5.91 Å². The number of hydrogen-bond donors (Lipinski definition) is 1. The molecular formula is C15H24N4O2. The molecule has 0 aromatic carbocycles. The smallest absolute Gasteiger partial charge is 0.227 e. The second-order valence-corrected chi connectivity index (χ2v) is 6.23. The number of carbonyl (C=O) groups is 1. The van der Waals surface area contributed by atoms with Gasteiger partial charge >= 0.3 is 0 Å². The summed E-state index contributed by atoms with van der Waals surface area (Å²) in [5, 5.41) is 4.02. The molecule has 1 aromatic heterocycles. The van der Waals surface area contributed by atoms with Crippen LogP contribution in [0.15, 0.2) is 10.6 Å². The van der Waals surface area contributed by atoms with Crippen LogP contribution in [-0.2, 0) is 11.3 Å². The number of carbonyl (C=O) groups excluding carboxylic acids is 1. The van der Waals surface area contributed by atoms with Crippen LogP contribution < -0.4 is 5.73 Å². The van der Waals surface area contributed by atoms with E-state index in [9.17, 15) is 4.79 Å². The summed E-state index contributed by atoms with van der Waals surface area (Å²) in [6.45, 7) is 6.05. The van der Waals surface area contributed by atoms with Gasteiger partial charge in [0.1, 0.15) is 5.76 Å². The standard InChI is InChI=1S/C15H24N4O2/c1-11-9-12(17-21-11)10-18-5-7-19(8-6-18)15(20)13-3-2-4-14(13)16/h9,13-14H,2-8,10,16H2,1H3/t13-,14+/m1/s1. The Morgan fingerprint density at radius 1 is 1.38 bits per heavy atom. The Labute approximate surface area is 125 Å². The summed E-state index contributed by atoms with van der Waals surface area (Å²) < 4.78 is 5.09. The van der Waals surface area contributed by atoms with Crippen molar-refractivity contribution in [2.45, 2.75) is 38.8 Å². The van der Waals surface area contributed by atoms with Crippen LogP contribution in [0, 0.1) is 12.8 Å². The van der Waals surface area contributed by atoms with Crippen LogP contribution in [0.2, 0.25) is 0 Å². The van der Waals surface area contributed by atoms with Crippen molar-refractivity contribution in [3.63, 3.8) is 0 Å². The largest absolute Gasteiger partial charge is 0.361 e. The molecule has 0 bridgehead atoms. The van der Waals surface area contributed by atoms with Crippen LogP contribution in [0.1, 0.15) is 30.7 Å². The Morgan fingerprint density at radius 2 is 2.14 bits per heavy atom. The molecule has 0 unspecified atom stereocenters. The average molecular weight is 292 g/mol. The Kier molecular flexibility index (Phi) is 4.26. The molecule has 116 valence electrons. The van der Waals surface area contributed by atoms with Gasteiger partial charge in [-0.1, -0.05) is 11.6 Å². The molecule has 2 heterocycles. The maximum atomic E-state index is 12.5. The van der Waals surface area contributed by atoms with Gasteiger partial charge in [-0.15, -0.1) is 0 Å². The van der Waals surface area contributed by atoms with Gasteiger partial charge in [0.25, 0.3) is 0 Å². The fourth-order valence-corrected chi connectivity index (χ4v) is 3.38. The van der Waals surface area contributed by atoms with E-state index in [1.54, 1.807) is 0 Å². The minimum atomic E-state index is 0.0507. The van der Waals surface area contributed by atoms with Crippen molar-refractivity contribution in [3.8, 4) is 0 Å². The molecular weight excluding hydrogens is 268 g/mol. The summed E-state index contributed by atoms with van der Waals surface area (Å²) in [7, 11) is 0. The molecule has 6 heteroatoms. The highest BCUT2D eigenvalue weighted by Gasteiger charge is 2.34. The third-order valence-corrected chi connectivity index (χ3v) is 4.63. The van der Waals surface area contributed by atoms with Crippen molar-refractivity contribution in [1.29, 1.82) is 0 Å². The molecule has 2 N–H and O–H groups in total. The average Bonchev–Trinajstić information content (AvgIpc) is 3.08. The molecule has 6 nitrogen and oxygen atoms in total. The summed E-state index contributed by atoms with van der Waals surface area (Å²) in [6.07, 6.45) is 3.03. The monoisotopic (exact) mass is 292 g/mol. The summed E-state index contributed by atoms with van der Waals surface area (Å²) in [5.74, 6) is 1.15. The SMILES string of the molecule is Cc1cc(CN2CCN(C(=O)[C@@H]3CCC[C@@H]3N)CC2)no1. The lowest BCUT2D eigenvalue weighted by Crippen LogP contribution is -2.51. The van der Waals surface area contributed by atoms with Crippen molar-refractivity contribution in [1.82, 2.24) is 15.0 Å². The number of nitrogens with zero attached hydrogens (tertiary/aromatic N) is 3. The molecule has 1 amide bonds. The van der Waals surface area contributed by atoms with Crippen LogP contribution in [0.3, 0.4) is 0 Å². The van der Waals surface area contributed by atoms with Gasteiger partial charge in [0.15, 0.2) is 0 Å². The molecule has 0 radical (unpaired) electrons. The molecule has 0 spiro atoms. The summed E-state index contributed by atoms with van der Waals surface area (Å²) in [4.78, 5) is 16.8. The van der Waals surface area contributed by atoms with Gasteiger partial charge in [-0.25, -0.2) is 0 Å². The Bertz CT molecular complexity index is 494. The summed E-state index contributed by atoms with van der Waals surface area (Å²) in [6, 6.07) is 2.03. The highest BCUT2D eigenvalue weighted by Crippen LogP contribution is 2.26. The zero-order chi connectivity index (χ0) is 14.8. The predicted octanol–water partition coefficient (Wildman–Crippen LogP) is 0.755. The summed E-state index contributed by atoms with van der Waals surface area (Å²) in [5.41, 5.74) is 7.00. The first-order valence-electron chi connectivity index (χ1n) is 7.82. The van der Waals surface area contributed by atoms with E-state index in [4.69, 9.17) is 10.3 Å². The van der Waals surface area contributed by atoms with Crippen molar-refractivity contribution >= 4 is 5.91 Å². The number of aryl methyl sites for hydroxylation is 1. The number of nitrogens with two attached hydrogens (primary N) is 1. The molecule has 1 aliphatic carbocycles. The van der Waals surface area contributed by atoms with Crippen molar-refractivity contribution < 1.29 is 9.32 Å². The number of aromatic nitrogens is 1. The maximum Gasteiger partial charge on any atom is 0.227 e. The van der Waals surface area contributed by atoms with Gasteiger partial charge in [0, 0.05) is 44.8 Å². The first-order valence-corrected chi connectivity index (χ1v) is 7.82. The van der Waals surface area contributed by atoms with Crippen molar-refractivity contribution in [2.24, 2.45) is 11.7 Å². The molecule has 2 aliphatic rings. The lowest BCUT2D eigenvalue weighted by molar-refractivity contribution is -0.137. The molecule has 1 saturated heterocycles. The Hall–Kier alpha value is -1.40. The van der Waals surface area contributed by atoms with E-state index in [0.717, 1.165) is 63.4 Å². The van der Waals surface area contributed by atoms with Crippen molar-refractivity contribution in [2.75, 3.05) is 26.2 Å². The van der Waals surface area contributed by atoms with E-state index >= 15 is 0 Å². The number of amides is 1. The van der Waals surface area contributed by atoms with Crippen LogP contribution >= 0.6 is 0 Å². The minimum Gasteiger partial charge on any atom is -0.361 e. The topological polar surface area (TPSA) is 75.6 Å². The molecule has 21 heavy (non-hydrogen) atoms. The lowest BCUT2D eigenvalue weighted by Gasteiger charge is -2.36. The van der Waals surface area contributed by atoms with E-state index in [2.05, 4.69) is 10.1 Å². The van der Waals surface area contributed by atoms with Crippen molar-refractivity contribution in [3.05, 3.63) is 17.5 Å². The third-order valence-electron chi connectivity index (χ3n) is 4.63. The van der Waals surface area contributed by atoms with E-state index < -0.39 is 0 Å². The number of piperazine rings is 1. The Balaban J connectivity index is 1.49. The second kappa shape index (κ2) is 6.15. The zero-order valence-electron chi connectivity index (χ0n) is 12.6. The van der Waals surface area contributed by atoms with Gasteiger partial charge in [0.05, 0.1) is 11.6 Å². The number of rotatable bonds is 3. The van der Waals surface area contributed by atoms with Gasteiger partial charge in [-0.3, -0.25) is 9.69 Å². The minimum absolute atomic E-state index is 0.0507. The fourth-order valence-electron chi connectivity index (χ4n) is 3.38. The molecule has 3 rings (SSSR count). The van der Waals surface area contributed by atoms with Gasteiger partial charge < -0.3 is 15.2 Å². The van der Waals surface area contributed by atoms with E-state index in [-0.39, 0.29) is 17.9 Å². The molecule has 1 aliphatic heterocycles. The maximum absolute atomic E-state index is 12.5. The highest BCUT2D eigenvalue weighted by molar-refractivity contribution is 5.80. The fraction of sp³-hybridized carbons (Fsp3) is 0.733. The van der Waals surface area contributed by atoms with E-state index in [1.807, 2.05) is 17.9 Å². The van der Waals surface area contributed by atoms with Crippen LogP contribution in [0.25, 0.3) is 0 Å². The quantitative estimate of drug-likeness (QED) is 0.890. The number of hydrogen-bond acceptors (Lipinski definition) is 5. The van der Waals surface area contributed by atoms with Crippen LogP contribution in [0.5, 0.6) is 0 Å². The zero-order valence-corrected chi connectivity index (χ0v) is 12.6. The molecule has 2 atom stereocenters. The molecule has 2 fully saturated rings. The Morgan fingerprint density at radius 3 is 2.71 bits per heavy atom. The lowest BCUT2D eigenvalue weighted by atomic mass is 10.0.